The quantitative estimate of drug-likeness (QED) is 0.929. The number of rotatable bonds is 3. The van der Waals surface area contributed by atoms with Gasteiger partial charge in [0, 0.05) is 22.9 Å². The highest BCUT2D eigenvalue weighted by molar-refractivity contribution is 8.01. The second-order valence-corrected chi connectivity index (χ2v) is 5.81. The third kappa shape index (κ3) is 3.73. The van der Waals surface area contributed by atoms with Crippen molar-refractivity contribution in [3.8, 4) is 0 Å². The van der Waals surface area contributed by atoms with Crippen LogP contribution < -0.4 is 5.32 Å². The lowest BCUT2D eigenvalue weighted by molar-refractivity contribution is -0.114. The molecular formula is C11H9ClN2OS2. The van der Waals surface area contributed by atoms with E-state index in [0.717, 1.165) is 14.9 Å². The minimum absolute atomic E-state index is 0.0721. The van der Waals surface area contributed by atoms with Crippen LogP contribution in [0.15, 0.2) is 38.9 Å². The van der Waals surface area contributed by atoms with Crippen molar-refractivity contribution in [1.82, 2.24) is 4.98 Å². The van der Waals surface area contributed by atoms with Crippen LogP contribution in [0.5, 0.6) is 0 Å². The molecule has 1 heterocycles. The molecule has 0 spiro atoms. The van der Waals surface area contributed by atoms with Crippen LogP contribution in [0.1, 0.15) is 6.92 Å². The molecule has 0 saturated carbocycles. The summed E-state index contributed by atoms with van der Waals surface area (Å²) in [7, 11) is 0. The predicted molar refractivity (Wildman–Crippen MR) is 72.0 cm³/mol. The third-order valence-corrected chi connectivity index (χ3v) is 4.10. The van der Waals surface area contributed by atoms with Crippen LogP contribution in [-0.2, 0) is 4.79 Å². The van der Waals surface area contributed by atoms with Crippen molar-refractivity contribution >= 4 is 46.3 Å². The van der Waals surface area contributed by atoms with Crippen molar-refractivity contribution in [3.05, 3.63) is 34.8 Å². The van der Waals surface area contributed by atoms with Gasteiger partial charge in [-0.25, -0.2) is 4.98 Å². The Morgan fingerprint density at radius 3 is 2.65 bits per heavy atom. The Balaban J connectivity index is 2.05. The average Bonchev–Trinajstić information content (AvgIpc) is 2.66. The fourth-order valence-electron chi connectivity index (χ4n) is 1.20. The van der Waals surface area contributed by atoms with E-state index >= 15 is 0 Å². The summed E-state index contributed by atoms with van der Waals surface area (Å²) in [5, 5.41) is 5.04. The van der Waals surface area contributed by atoms with Gasteiger partial charge in [-0.2, -0.15) is 0 Å². The van der Waals surface area contributed by atoms with Crippen molar-refractivity contribution in [2.24, 2.45) is 0 Å². The minimum Gasteiger partial charge on any atom is -0.326 e. The Labute approximate surface area is 112 Å². The predicted octanol–water partition coefficient (Wildman–Crippen LogP) is 3.91. The van der Waals surface area contributed by atoms with E-state index in [1.165, 1.54) is 18.3 Å². The van der Waals surface area contributed by atoms with E-state index in [1.54, 1.807) is 17.1 Å². The van der Waals surface area contributed by atoms with E-state index in [4.69, 9.17) is 11.6 Å². The van der Waals surface area contributed by atoms with Crippen molar-refractivity contribution in [2.75, 3.05) is 5.32 Å². The number of hydrogen-bond donors (Lipinski definition) is 1. The molecule has 0 aliphatic heterocycles. The number of carbonyl (C=O) groups excluding carboxylic acids is 1. The van der Waals surface area contributed by atoms with Gasteiger partial charge in [0.25, 0.3) is 0 Å². The molecule has 0 saturated heterocycles. The van der Waals surface area contributed by atoms with Crippen LogP contribution in [-0.4, -0.2) is 10.9 Å². The number of nitrogens with one attached hydrogen (secondary N) is 1. The Kier molecular flexibility index (Phi) is 4.04. The highest BCUT2D eigenvalue weighted by atomic mass is 35.5. The SMILES string of the molecule is CC(=O)Nc1ccc(Sc2nc(Cl)cs2)cc1. The maximum Gasteiger partial charge on any atom is 0.221 e. The summed E-state index contributed by atoms with van der Waals surface area (Å²) < 4.78 is 0.905. The molecular weight excluding hydrogens is 276 g/mol. The molecule has 6 heteroatoms. The first-order valence-electron chi connectivity index (χ1n) is 4.80. The minimum atomic E-state index is -0.0721. The van der Waals surface area contributed by atoms with Gasteiger partial charge in [-0.15, -0.1) is 11.3 Å². The molecule has 0 aliphatic carbocycles. The maximum absolute atomic E-state index is 10.9. The first-order valence-corrected chi connectivity index (χ1v) is 6.87. The van der Waals surface area contributed by atoms with E-state index in [0.29, 0.717) is 5.15 Å². The molecule has 0 fully saturated rings. The summed E-state index contributed by atoms with van der Waals surface area (Å²) in [5.41, 5.74) is 0.791. The van der Waals surface area contributed by atoms with Gasteiger partial charge >= 0.3 is 0 Å². The number of anilines is 1. The summed E-state index contributed by atoms with van der Waals surface area (Å²) in [6, 6.07) is 7.59. The summed E-state index contributed by atoms with van der Waals surface area (Å²) >= 11 is 8.80. The molecule has 0 bridgehead atoms. The first-order chi connectivity index (χ1) is 8.13. The van der Waals surface area contributed by atoms with Gasteiger partial charge in [-0.05, 0) is 24.3 Å². The standard InChI is InChI=1S/C11H9ClN2OS2/c1-7(15)13-8-2-4-9(5-3-8)17-11-14-10(12)6-16-11/h2-6H,1H3,(H,13,15). The second kappa shape index (κ2) is 5.53. The van der Waals surface area contributed by atoms with E-state index < -0.39 is 0 Å². The molecule has 3 nitrogen and oxygen atoms in total. The number of halogens is 1. The molecule has 0 radical (unpaired) electrons. The molecule has 0 atom stereocenters. The summed E-state index contributed by atoms with van der Waals surface area (Å²) in [6.07, 6.45) is 0. The lowest BCUT2D eigenvalue weighted by Gasteiger charge is -2.02. The summed E-state index contributed by atoms with van der Waals surface area (Å²) in [4.78, 5) is 16.1. The van der Waals surface area contributed by atoms with Crippen molar-refractivity contribution in [2.45, 2.75) is 16.2 Å². The topological polar surface area (TPSA) is 42.0 Å². The molecule has 0 aliphatic rings. The van der Waals surface area contributed by atoms with Crippen LogP contribution >= 0.6 is 34.7 Å². The zero-order valence-corrected chi connectivity index (χ0v) is 11.3. The molecule has 1 amide bonds. The summed E-state index contributed by atoms with van der Waals surface area (Å²) in [6.45, 7) is 1.49. The van der Waals surface area contributed by atoms with Gasteiger partial charge in [-0.3, -0.25) is 4.79 Å². The van der Waals surface area contributed by atoms with Crippen LogP contribution in [0.2, 0.25) is 5.15 Å². The monoisotopic (exact) mass is 284 g/mol. The molecule has 88 valence electrons. The zero-order valence-electron chi connectivity index (χ0n) is 8.94. The van der Waals surface area contributed by atoms with E-state index in [9.17, 15) is 4.79 Å². The highest BCUT2D eigenvalue weighted by Crippen LogP contribution is 2.31. The van der Waals surface area contributed by atoms with Crippen LogP contribution in [0.4, 0.5) is 5.69 Å². The first kappa shape index (κ1) is 12.4. The van der Waals surface area contributed by atoms with Gasteiger partial charge in [0.1, 0.15) is 5.15 Å². The van der Waals surface area contributed by atoms with Gasteiger partial charge in [0.05, 0.1) is 0 Å². The lowest BCUT2D eigenvalue weighted by Crippen LogP contribution is -2.05. The lowest BCUT2D eigenvalue weighted by atomic mass is 10.3. The number of carbonyl (C=O) groups is 1. The van der Waals surface area contributed by atoms with E-state index in [2.05, 4.69) is 10.3 Å². The second-order valence-electron chi connectivity index (χ2n) is 3.24. The Morgan fingerprint density at radius 1 is 1.41 bits per heavy atom. The van der Waals surface area contributed by atoms with Crippen molar-refractivity contribution in [1.29, 1.82) is 0 Å². The third-order valence-electron chi connectivity index (χ3n) is 1.83. The Morgan fingerprint density at radius 2 is 2.12 bits per heavy atom. The molecule has 2 rings (SSSR count). The van der Waals surface area contributed by atoms with Crippen molar-refractivity contribution in [3.63, 3.8) is 0 Å². The van der Waals surface area contributed by atoms with E-state index in [1.807, 2.05) is 24.3 Å². The largest absolute Gasteiger partial charge is 0.326 e. The highest BCUT2D eigenvalue weighted by Gasteiger charge is 2.03. The van der Waals surface area contributed by atoms with Gasteiger partial charge in [0.15, 0.2) is 4.34 Å². The molecule has 1 aromatic heterocycles. The summed E-state index contributed by atoms with van der Waals surface area (Å²) in [5.74, 6) is -0.0721. The number of thiazole rings is 1. The molecule has 1 aromatic carbocycles. The van der Waals surface area contributed by atoms with Gasteiger partial charge in [0.2, 0.25) is 5.91 Å². The maximum atomic E-state index is 10.9. The molecule has 0 unspecified atom stereocenters. The normalized spacial score (nSPS) is 10.2. The molecule has 17 heavy (non-hydrogen) atoms. The number of hydrogen-bond acceptors (Lipinski definition) is 4. The fraction of sp³-hybridized carbons (Fsp3) is 0.0909. The molecule has 2 aromatic rings. The van der Waals surface area contributed by atoms with Crippen LogP contribution in [0.3, 0.4) is 0 Å². The zero-order chi connectivity index (χ0) is 12.3. The smallest absolute Gasteiger partial charge is 0.221 e. The Bertz CT molecular complexity index is 525. The number of amides is 1. The van der Waals surface area contributed by atoms with Gasteiger partial charge < -0.3 is 5.32 Å². The fourth-order valence-corrected chi connectivity index (χ4v) is 3.16. The van der Waals surface area contributed by atoms with E-state index in [-0.39, 0.29) is 5.91 Å². The van der Waals surface area contributed by atoms with Gasteiger partial charge in [-0.1, -0.05) is 23.4 Å². The number of nitrogens with zero attached hydrogens (tertiary/aromatic N) is 1. The Hall–Kier alpha value is -1.04. The number of benzene rings is 1. The van der Waals surface area contributed by atoms with Crippen LogP contribution in [0.25, 0.3) is 0 Å². The average molecular weight is 285 g/mol. The van der Waals surface area contributed by atoms with Crippen LogP contribution in [0, 0.1) is 0 Å². The molecule has 1 N–H and O–H groups in total. The number of aromatic nitrogens is 1. The van der Waals surface area contributed by atoms with Crippen molar-refractivity contribution < 1.29 is 4.79 Å².